The van der Waals surface area contributed by atoms with E-state index in [9.17, 15) is 14.7 Å². The van der Waals surface area contributed by atoms with Gasteiger partial charge in [0, 0.05) is 13.7 Å². The van der Waals surface area contributed by atoms with Crippen molar-refractivity contribution in [1.29, 1.82) is 0 Å². The van der Waals surface area contributed by atoms with Gasteiger partial charge in [-0.1, -0.05) is 19.3 Å². The number of hydrogen-bond acceptors (Lipinski definition) is 3. The van der Waals surface area contributed by atoms with E-state index in [4.69, 9.17) is 4.74 Å². The van der Waals surface area contributed by atoms with Crippen LogP contribution in [0.4, 0.5) is 4.79 Å². The van der Waals surface area contributed by atoms with E-state index in [0.29, 0.717) is 12.8 Å². The number of rotatable bonds is 5. The van der Waals surface area contributed by atoms with Gasteiger partial charge < -0.3 is 20.5 Å². The van der Waals surface area contributed by atoms with Gasteiger partial charge in [0.1, 0.15) is 0 Å². The fraction of sp³-hybridized carbons (Fsp3) is 0.867. The molecule has 6 heteroatoms. The molecule has 21 heavy (non-hydrogen) atoms. The summed E-state index contributed by atoms with van der Waals surface area (Å²) in [5, 5.41) is 15.1. The third-order valence-corrected chi connectivity index (χ3v) is 4.92. The summed E-state index contributed by atoms with van der Waals surface area (Å²) in [5.41, 5.74) is -0.786. The molecule has 0 spiro atoms. The lowest BCUT2D eigenvalue weighted by atomic mass is 9.74. The maximum atomic E-state index is 12.0. The second-order valence-electron chi connectivity index (χ2n) is 6.28. The molecule has 6 nitrogen and oxygen atoms in total. The van der Waals surface area contributed by atoms with Crippen LogP contribution < -0.4 is 10.6 Å². The van der Waals surface area contributed by atoms with Crippen LogP contribution in [0, 0.1) is 5.41 Å². The normalized spacial score (nSPS) is 28.0. The molecule has 0 aromatic carbocycles. The van der Waals surface area contributed by atoms with E-state index < -0.39 is 11.4 Å². The molecule has 0 radical (unpaired) electrons. The van der Waals surface area contributed by atoms with Crippen LogP contribution in [-0.4, -0.2) is 42.9 Å². The summed E-state index contributed by atoms with van der Waals surface area (Å²) < 4.78 is 5.34. The molecule has 2 aliphatic carbocycles. The lowest BCUT2D eigenvalue weighted by Crippen LogP contribution is -2.50. The number of carboxylic acids is 1. The second kappa shape index (κ2) is 7.11. The molecule has 0 aromatic rings. The summed E-state index contributed by atoms with van der Waals surface area (Å²) in [5.74, 6) is -0.793. The summed E-state index contributed by atoms with van der Waals surface area (Å²) in [6.07, 6.45) is 7.20. The van der Waals surface area contributed by atoms with Crippen LogP contribution in [0.5, 0.6) is 0 Å². The number of aliphatic carboxylic acids is 1. The van der Waals surface area contributed by atoms with Gasteiger partial charge in [0.2, 0.25) is 0 Å². The minimum Gasteiger partial charge on any atom is -0.481 e. The van der Waals surface area contributed by atoms with Crippen molar-refractivity contribution in [1.82, 2.24) is 10.6 Å². The number of amides is 2. The number of carbonyl (C=O) groups is 2. The Labute approximate surface area is 125 Å². The molecule has 0 bridgehead atoms. The molecule has 0 aromatic heterocycles. The Bertz CT molecular complexity index is 380. The van der Waals surface area contributed by atoms with E-state index in [2.05, 4.69) is 10.6 Å². The molecular weight excluding hydrogens is 272 g/mol. The van der Waals surface area contributed by atoms with Gasteiger partial charge in [-0.25, -0.2) is 4.79 Å². The Morgan fingerprint density at radius 1 is 1.19 bits per heavy atom. The van der Waals surface area contributed by atoms with Crippen molar-refractivity contribution in [3.63, 3.8) is 0 Å². The summed E-state index contributed by atoms with van der Waals surface area (Å²) in [6.45, 7) is 0.207. The number of carbonyl (C=O) groups excluding carboxylic acids is 1. The SMILES string of the molecule is COC1CCCC1NC(=O)NCC1(C(=O)O)CCCCC1. The first kappa shape index (κ1) is 16.1. The van der Waals surface area contributed by atoms with Crippen molar-refractivity contribution in [2.45, 2.75) is 63.5 Å². The Morgan fingerprint density at radius 3 is 2.52 bits per heavy atom. The smallest absolute Gasteiger partial charge is 0.315 e. The molecule has 120 valence electrons. The fourth-order valence-electron chi connectivity index (χ4n) is 3.54. The predicted molar refractivity (Wildman–Crippen MR) is 78.1 cm³/mol. The standard InChI is InChI=1S/C15H26N2O4/c1-21-12-7-5-6-11(12)17-14(20)16-10-15(13(18)19)8-3-2-4-9-15/h11-12H,2-10H2,1H3,(H,18,19)(H2,16,17,20). The summed E-state index contributed by atoms with van der Waals surface area (Å²) in [7, 11) is 1.66. The van der Waals surface area contributed by atoms with Crippen LogP contribution in [0.15, 0.2) is 0 Å². The van der Waals surface area contributed by atoms with Crippen LogP contribution in [0.25, 0.3) is 0 Å². The van der Waals surface area contributed by atoms with Gasteiger partial charge in [0.05, 0.1) is 17.6 Å². The third-order valence-electron chi connectivity index (χ3n) is 4.92. The van der Waals surface area contributed by atoms with Gasteiger partial charge in [-0.15, -0.1) is 0 Å². The van der Waals surface area contributed by atoms with Crippen molar-refractivity contribution in [2.24, 2.45) is 5.41 Å². The minimum absolute atomic E-state index is 0.0298. The molecule has 0 saturated heterocycles. The van der Waals surface area contributed by atoms with Crippen molar-refractivity contribution < 1.29 is 19.4 Å². The zero-order chi connectivity index (χ0) is 15.3. The van der Waals surface area contributed by atoms with Crippen LogP contribution in [0.3, 0.4) is 0 Å². The predicted octanol–water partition coefficient (Wildman–Crippen LogP) is 1.89. The van der Waals surface area contributed by atoms with Crippen LogP contribution in [0.2, 0.25) is 0 Å². The van der Waals surface area contributed by atoms with Gasteiger partial charge in [-0.05, 0) is 32.1 Å². The summed E-state index contributed by atoms with van der Waals surface area (Å²) >= 11 is 0. The molecule has 0 aliphatic heterocycles. The third kappa shape index (κ3) is 3.87. The first-order chi connectivity index (χ1) is 10.1. The van der Waals surface area contributed by atoms with E-state index in [-0.39, 0.29) is 24.7 Å². The maximum Gasteiger partial charge on any atom is 0.315 e. The number of carboxylic acid groups (broad SMARTS) is 1. The van der Waals surface area contributed by atoms with E-state index in [1.54, 1.807) is 7.11 Å². The number of urea groups is 1. The molecule has 2 aliphatic rings. The zero-order valence-corrected chi connectivity index (χ0v) is 12.7. The van der Waals surface area contributed by atoms with Crippen LogP contribution in [-0.2, 0) is 9.53 Å². The van der Waals surface area contributed by atoms with Gasteiger partial charge in [-0.2, -0.15) is 0 Å². The van der Waals surface area contributed by atoms with Crippen LogP contribution in [0.1, 0.15) is 51.4 Å². The number of methoxy groups -OCH3 is 1. The highest BCUT2D eigenvalue weighted by molar-refractivity contribution is 5.78. The lowest BCUT2D eigenvalue weighted by Gasteiger charge is -2.33. The highest BCUT2D eigenvalue weighted by atomic mass is 16.5. The Hall–Kier alpha value is -1.30. The largest absolute Gasteiger partial charge is 0.481 e. The highest BCUT2D eigenvalue weighted by Crippen LogP contribution is 2.36. The monoisotopic (exact) mass is 298 g/mol. The number of ether oxygens (including phenoxy) is 1. The highest BCUT2D eigenvalue weighted by Gasteiger charge is 2.40. The molecule has 2 atom stereocenters. The molecule has 3 N–H and O–H groups in total. The van der Waals surface area contributed by atoms with Gasteiger partial charge in [0.25, 0.3) is 0 Å². The van der Waals surface area contributed by atoms with Gasteiger partial charge in [-0.3, -0.25) is 4.79 Å². The molecule has 2 saturated carbocycles. The van der Waals surface area contributed by atoms with E-state index in [0.717, 1.165) is 38.5 Å². The molecule has 0 heterocycles. The maximum absolute atomic E-state index is 12.0. The Morgan fingerprint density at radius 2 is 1.90 bits per heavy atom. The minimum atomic E-state index is -0.793. The summed E-state index contributed by atoms with van der Waals surface area (Å²) in [6, 6.07) is -0.253. The first-order valence-corrected chi connectivity index (χ1v) is 7.88. The Kier molecular flexibility index (Phi) is 5.45. The quantitative estimate of drug-likeness (QED) is 0.723. The average Bonchev–Trinajstić information content (AvgIpc) is 2.93. The van der Waals surface area contributed by atoms with Crippen molar-refractivity contribution >= 4 is 12.0 Å². The topological polar surface area (TPSA) is 87.7 Å². The fourth-order valence-corrected chi connectivity index (χ4v) is 3.54. The zero-order valence-electron chi connectivity index (χ0n) is 12.7. The molecule has 2 amide bonds. The van der Waals surface area contributed by atoms with E-state index in [1.807, 2.05) is 0 Å². The first-order valence-electron chi connectivity index (χ1n) is 7.88. The molecule has 2 unspecified atom stereocenters. The van der Waals surface area contributed by atoms with E-state index >= 15 is 0 Å². The number of hydrogen-bond donors (Lipinski definition) is 3. The molecular formula is C15H26N2O4. The van der Waals surface area contributed by atoms with Gasteiger partial charge >= 0.3 is 12.0 Å². The van der Waals surface area contributed by atoms with Crippen molar-refractivity contribution in [3.05, 3.63) is 0 Å². The average molecular weight is 298 g/mol. The van der Waals surface area contributed by atoms with E-state index in [1.165, 1.54) is 0 Å². The van der Waals surface area contributed by atoms with Crippen LogP contribution >= 0.6 is 0 Å². The lowest BCUT2D eigenvalue weighted by molar-refractivity contribution is -0.150. The molecule has 2 rings (SSSR count). The Balaban J connectivity index is 1.83. The van der Waals surface area contributed by atoms with Crippen molar-refractivity contribution in [3.8, 4) is 0 Å². The second-order valence-corrected chi connectivity index (χ2v) is 6.28. The van der Waals surface area contributed by atoms with Gasteiger partial charge in [0.15, 0.2) is 0 Å². The molecule has 2 fully saturated rings. The van der Waals surface area contributed by atoms with Crippen molar-refractivity contribution in [2.75, 3.05) is 13.7 Å². The number of nitrogens with one attached hydrogen (secondary N) is 2. The summed E-state index contributed by atoms with van der Waals surface area (Å²) in [4.78, 5) is 23.5.